The molecule has 1 N–H and O–H groups in total. The lowest BCUT2D eigenvalue weighted by molar-refractivity contribution is -0.121. The van der Waals surface area contributed by atoms with E-state index in [0.717, 1.165) is 23.7 Å². The van der Waals surface area contributed by atoms with Crippen LogP contribution in [0.2, 0.25) is 0 Å². The standard InChI is InChI=1S/C14H20BrNO/c1-3-12(4-2)16-14(17)10-9-11-7-5-6-8-13(11)15/h5-8,12H,3-4,9-10H2,1-2H3,(H,16,17). The van der Waals surface area contributed by atoms with Crippen molar-refractivity contribution < 1.29 is 4.79 Å². The van der Waals surface area contributed by atoms with Crippen LogP contribution in [0, 0.1) is 0 Å². The molecular formula is C14H20BrNO. The van der Waals surface area contributed by atoms with Gasteiger partial charge in [-0.3, -0.25) is 4.79 Å². The number of rotatable bonds is 6. The topological polar surface area (TPSA) is 29.1 Å². The van der Waals surface area contributed by atoms with Crippen LogP contribution in [0.5, 0.6) is 0 Å². The molecule has 0 atom stereocenters. The Kier molecular flexibility index (Phi) is 6.27. The molecule has 0 radical (unpaired) electrons. The molecule has 1 aromatic rings. The van der Waals surface area contributed by atoms with Crippen LogP contribution in [0.15, 0.2) is 28.7 Å². The maximum Gasteiger partial charge on any atom is 0.220 e. The van der Waals surface area contributed by atoms with E-state index in [1.807, 2.05) is 18.2 Å². The largest absolute Gasteiger partial charge is 0.353 e. The first kappa shape index (κ1) is 14.2. The fraction of sp³-hybridized carbons (Fsp3) is 0.500. The third kappa shape index (κ3) is 4.90. The van der Waals surface area contributed by atoms with Gasteiger partial charge in [-0.25, -0.2) is 0 Å². The van der Waals surface area contributed by atoms with Crippen molar-refractivity contribution in [1.82, 2.24) is 5.32 Å². The molecule has 0 heterocycles. The summed E-state index contributed by atoms with van der Waals surface area (Å²) in [5, 5.41) is 3.05. The second kappa shape index (κ2) is 7.49. The van der Waals surface area contributed by atoms with Crippen molar-refractivity contribution in [1.29, 1.82) is 0 Å². The van der Waals surface area contributed by atoms with Crippen LogP contribution in [0.1, 0.15) is 38.7 Å². The van der Waals surface area contributed by atoms with Gasteiger partial charge < -0.3 is 5.32 Å². The SMILES string of the molecule is CCC(CC)NC(=O)CCc1ccccc1Br. The van der Waals surface area contributed by atoms with Gasteiger partial charge in [-0.2, -0.15) is 0 Å². The van der Waals surface area contributed by atoms with Crippen molar-refractivity contribution in [2.75, 3.05) is 0 Å². The van der Waals surface area contributed by atoms with Crippen molar-refractivity contribution in [3.8, 4) is 0 Å². The lowest BCUT2D eigenvalue weighted by Crippen LogP contribution is -2.33. The van der Waals surface area contributed by atoms with Gasteiger partial charge in [-0.05, 0) is 30.9 Å². The smallest absolute Gasteiger partial charge is 0.220 e. The van der Waals surface area contributed by atoms with Gasteiger partial charge in [-0.15, -0.1) is 0 Å². The summed E-state index contributed by atoms with van der Waals surface area (Å²) in [7, 11) is 0. The van der Waals surface area contributed by atoms with E-state index in [1.54, 1.807) is 0 Å². The molecule has 0 saturated heterocycles. The molecule has 1 aromatic carbocycles. The molecule has 17 heavy (non-hydrogen) atoms. The average molecular weight is 298 g/mol. The molecule has 0 aromatic heterocycles. The van der Waals surface area contributed by atoms with E-state index >= 15 is 0 Å². The van der Waals surface area contributed by atoms with Gasteiger partial charge in [0, 0.05) is 16.9 Å². The normalized spacial score (nSPS) is 10.6. The van der Waals surface area contributed by atoms with E-state index in [4.69, 9.17) is 0 Å². The highest BCUT2D eigenvalue weighted by atomic mass is 79.9. The summed E-state index contributed by atoms with van der Waals surface area (Å²) in [6.07, 6.45) is 3.33. The number of aryl methyl sites for hydroxylation is 1. The minimum Gasteiger partial charge on any atom is -0.353 e. The van der Waals surface area contributed by atoms with E-state index < -0.39 is 0 Å². The van der Waals surface area contributed by atoms with Gasteiger partial charge in [-0.1, -0.05) is 48.0 Å². The number of hydrogen-bond donors (Lipinski definition) is 1. The van der Waals surface area contributed by atoms with Gasteiger partial charge in [0.05, 0.1) is 0 Å². The zero-order valence-corrected chi connectivity index (χ0v) is 12.1. The van der Waals surface area contributed by atoms with E-state index in [2.05, 4.69) is 41.2 Å². The summed E-state index contributed by atoms with van der Waals surface area (Å²) in [5.74, 6) is 0.148. The maximum absolute atomic E-state index is 11.7. The molecule has 0 aliphatic rings. The zero-order valence-electron chi connectivity index (χ0n) is 10.5. The summed E-state index contributed by atoms with van der Waals surface area (Å²) in [6, 6.07) is 8.36. The van der Waals surface area contributed by atoms with Crippen LogP contribution >= 0.6 is 15.9 Å². The Balaban J connectivity index is 2.41. The number of hydrogen-bond acceptors (Lipinski definition) is 1. The highest BCUT2D eigenvalue weighted by molar-refractivity contribution is 9.10. The number of nitrogens with one attached hydrogen (secondary N) is 1. The quantitative estimate of drug-likeness (QED) is 0.852. The van der Waals surface area contributed by atoms with E-state index in [9.17, 15) is 4.79 Å². The third-order valence-electron chi connectivity index (χ3n) is 2.93. The van der Waals surface area contributed by atoms with Crippen LogP contribution in [0.4, 0.5) is 0 Å². The van der Waals surface area contributed by atoms with Gasteiger partial charge in [0.25, 0.3) is 0 Å². The van der Waals surface area contributed by atoms with Crippen LogP contribution in [0.25, 0.3) is 0 Å². The number of amides is 1. The molecular weight excluding hydrogens is 278 g/mol. The molecule has 1 amide bonds. The average Bonchev–Trinajstić information content (AvgIpc) is 2.35. The summed E-state index contributed by atoms with van der Waals surface area (Å²) in [5.41, 5.74) is 1.19. The predicted octanol–water partition coefficient (Wildman–Crippen LogP) is 3.69. The van der Waals surface area contributed by atoms with Crippen molar-refractivity contribution in [2.24, 2.45) is 0 Å². The molecule has 0 spiro atoms. The Morgan fingerprint density at radius 2 is 1.94 bits per heavy atom. The lowest BCUT2D eigenvalue weighted by atomic mass is 10.1. The minimum atomic E-state index is 0.148. The van der Waals surface area contributed by atoms with Gasteiger partial charge in [0.2, 0.25) is 5.91 Å². The monoisotopic (exact) mass is 297 g/mol. The number of carbonyl (C=O) groups excluding carboxylic acids is 1. The fourth-order valence-electron chi connectivity index (χ4n) is 1.74. The van der Waals surface area contributed by atoms with Crippen LogP contribution in [0.3, 0.4) is 0 Å². The molecule has 0 aliphatic carbocycles. The summed E-state index contributed by atoms with van der Waals surface area (Å²) >= 11 is 3.49. The molecule has 0 unspecified atom stereocenters. The molecule has 0 aliphatic heterocycles. The maximum atomic E-state index is 11.7. The van der Waals surface area contributed by atoms with E-state index in [-0.39, 0.29) is 5.91 Å². The summed E-state index contributed by atoms with van der Waals surface area (Å²) in [4.78, 5) is 11.7. The molecule has 0 bridgehead atoms. The van der Waals surface area contributed by atoms with Crippen LogP contribution in [-0.4, -0.2) is 11.9 Å². The molecule has 3 heteroatoms. The molecule has 2 nitrogen and oxygen atoms in total. The number of halogens is 1. The van der Waals surface area contributed by atoms with E-state index in [1.165, 1.54) is 5.56 Å². The van der Waals surface area contributed by atoms with Gasteiger partial charge in [0.15, 0.2) is 0 Å². The van der Waals surface area contributed by atoms with Gasteiger partial charge >= 0.3 is 0 Å². The van der Waals surface area contributed by atoms with Crippen molar-refractivity contribution in [3.05, 3.63) is 34.3 Å². The molecule has 94 valence electrons. The first-order valence-electron chi connectivity index (χ1n) is 6.20. The second-order valence-electron chi connectivity index (χ2n) is 4.17. The Bertz CT molecular complexity index is 361. The molecule has 0 saturated carbocycles. The second-order valence-corrected chi connectivity index (χ2v) is 5.03. The Hall–Kier alpha value is -0.830. The first-order valence-corrected chi connectivity index (χ1v) is 6.99. The fourth-order valence-corrected chi connectivity index (χ4v) is 2.23. The van der Waals surface area contributed by atoms with Crippen LogP contribution in [-0.2, 0) is 11.2 Å². The van der Waals surface area contributed by atoms with Crippen LogP contribution < -0.4 is 5.32 Å². The summed E-state index contributed by atoms with van der Waals surface area (Å²) in [6.45, 7) is 4.20. The molecule has 0 fully saturated rings. The Morgan fingerprint density at radius 1 is 1.29 bits per heavy atom. The number of benzene rings is 1. The predicted molar refractivity (Wildman–Crippen MR) is 75.0 cm³/mol. The highest BCUT2D eigenvalue weighted by Crippen LogP contribution is 2.17. The highest BCUT2D eigenvalue weighted by Gasteiger charge is 2.08. The Morgan fingerprint density at radius 3 is 2.53 bits per heavy atom. The van der Waals surface area contributed by atoms with Crippen molar-refractivity contribution in [2.45, 2.75) is 45.6 Å². The minimum absolute atomic E-state index is 0.148. The van der Waals surface area contributed by atoms with E-state index in [0.29, 0.717) is 12.5 Å². The lowest BCUT2D eigenvalue weighted by Gasteiger charge is -2.14. The Labute approximate surface area is 112 Å². The van der Waals surface area contributed by atoms with Crippen molar-refractivity contribution in [3.63, 3.8) is 0 Å². The zero-order chi connectivity index (χ0) is 12.7. The molecule has 1 rings (SSSR count). The summed E-state index contributed by atoms with van der Waals surface area (Å²) < 4.78 is 1.08. The first-order chi connectivity index (χ1) is 8.17. The third-order valence-corrected chi connectivity index (χ3v) is 3.70. The van der Waals surface area contributed by atoms with Gasteiger partial charge in [0.1, 0.15) is 0 Å². The van der Waals surface area contributed by atoms with Crippen molar-refractivity contribution >= 4 is 21.8 Å². The number of carbonyl (C=O) groups is 1.